The molecular weight excluding hydrogens is 446 g/mol. The monoisotopic (exact) mass is 461 g/mol. The molecule has 1 N–H and O–H groups in total. The predicted octanol–water partition coefficient (Wildman–Crippen LogP) is 5.66. The first kappa shape index (κ1) is 21.3. The number of amides is 1. The number of nitrogens with zero attached hydrogens (tertiary/aromatic N) is 2. The molecule has 0 spiro atoms. The van der Waals surface area contributed by atoms with Crippen molar-refractivity contribution in [1.29, 1.82) is 0 Å². The van der Waals surface area contributed by atoms with E-state index in [4.69, 9.17) is 0 Å². The number of hydrogen-bond acceptors (Lipinski definition) is 7. The largest absolute Gasteiger partial charge is 0.324 e. The highest BCUT2D eigenvalue weighted by Gasteiger charge is 2.21. The second-order valence-electron chi connectivity index (χ2n) is 6.51. The SMILES string of the molecule is O=C(C=Cc1ccc([N+](=O)[O-])s1)Nc1nc(-c2ccccc2)c(C(=O)c2ccccc2)s1. The first-order valence-electron chi connectivity index (χ1n) is 9.40. The van der Waals surface area contributed by atoms with Gasteiger partial charge in [-0.2, -0.15) is 0 Å². The molecule has 0 saturated carbocycles. The lowest BCUT2D eigenvalue weighted by molar-refractivity contribution is -0.380. The standard InChI is InChI=1S/C23H15N3O4S2/c27-18(13-11-17-12-14-19(31-17)26(29)30)24-23-25-20(15-7-3-1-4-8-15)22(32-23)21(28)16-9-5-2-6-10-16/h1-14H,(H,24,25,27). The summed E-state index contributed by atoms with van der Waals surface area (Å²) < 4.78 is 0. The molecule has 32 heavy (non-hydrogen) atoms. The Kier molecular flexibility index (Phi) is 6.29. The van der Waals surface area contributed by atoms with Crippen molar-refractivity contribution < 1.29 is 14.5 Å². The second-order valence-corrected chi connectivity index (χ2v) is 8.61. The van der Waals surface area contributed by atoms with Crippen molar-refractivity contribution in [1.82, 2.24) is 4.98 Å². The van der Waals surface area contributed by atoms with Gasteiger partial charge in [0.1, 0.15) is 4.88 Å². The molecule has 0 radical (unpaired) electrons. The van der Waals surface area contributed by atoms with Crippen LogP contribution in [0.5, 0.6) is 0 Å². The van der Waals surface area contributed by atoms with Crippen LogP contribution in [0.15, 0.2) is 78.9 Å². The molecule has 158 valence electrons. The smallest absolute Gasteiger partial charge is 0.298 e. The number of hydrogen-bond donors (Lipinski definition) is 1. The molecule has 2 aromatic heterocycles. The van der Waals surface area contributed by atoms with E-state index in [9.17, 15) is 19.7 Å². The number of nitrogens with one attached hydrogen (secondary N) is 1. The van der Waals surface area contributed by atoms with Gasteiger partial charge in [-0.1, -0.05) is 83.3 Å². The zero-order valence-corrected chi connectivity index (χ0v) is 18.1. The van der Waals surface area contributed by atoms with Crippen molar-refractivity contribution in [2.75, 3.05) is 5.32 Å². The van der Waals surface area contributed by atoms with Gasteiger partial charge in [0.25, 0.3) is 0 Å². The van der Waals surface area contributed by atoms with E-state index >= 15 is 0 Å². The van der Waals surface area contributed by atoms with E-state index in [2.05, 4.69) is 10.3 Å². The molecule has 0 bridgehead atoms. The van der Waals surface area contributed by atoms with E-state index in [1.165, 1.54) is 18.2 Å². The number of carbonyl (C=O) groups is 2. The van der Waals surface area contributed by atoms with Gasteiger partial charge < -0.3 is 0 Å². The minimum Gasteiger partial charge on any atom is -0.298 e. The van der Waals surface area contributed by atoms with Gasteiger partial charge >= 0.3 is 5.00 Å². The zero-order valence-electron chi connectivity index (χ0n) is 16.4. The highest BCUT2D eigenvalue weighted by atomic mass is 32.1. The van der Waals surface area contributed by atoms with Crippen LogP contribution in [0.1, 0.15) is 20.1 Å². The van der Waals surface area contributed by atoms with Gasteiger partial charge in [-0.3, -0.25) is 25.0 Å². The summed E-state index contributed by atoms with van der Waals surface area (Å²) >= 11 is 2.07. The highest BCUT2D eigenvalue weighted by molar-refractivity contribution is 7.18. The van der Waals surface area contributed by atoms with Gasteiger partial charge in [-0.15, -0.1) is 0 Å². The Morgan fingerprint density at radius 3 is 2.28 bits per heavy atom. The Morgan fingerprint density at radius 1 is 0.938 bits per heavy atom. The first-order chi connectivity index (χ1) is 15.5. The Bertz CT molecular complexity index is 1310. The van der Waals surface area contributed by atoms with Crippen LogP contribution in [0.2, 0.25) is 0 Å². The number of benzene rings is 2. The number of ketones is 1. The average Bonchev–Trinajstić information content (AvgIpc) is 3.46. The van der Waals surface area contributed by atoms with E-state index in [0.717, 1.165) is 28.2 Å². The quantitative estimate of drug-likeness (QED) is 0.165. The van der Waals surface area contributed by atoms with Gasteiger partial charge in [0.2, 0.25) is 11.7 Å². The summed E-state index contributed by atoms with van der Waals surface area (Å²) in [5.74, 6) is -0.628. The molecule has 0 saturated heterocycles. The summed E-state index contributed by atoms with van der Waals surface area (Å²) in [7, 11) is 0. The lowest BCUT2D eigenvalue weighted by atomic mass is 10.1. The Hall–Kier alpha value is -3.95. The van der Waals surface area contributed by atoms with Crippen molar-refractivity contribution in [2.45, 2.75) is 0 Å². The molecule has 0 aliphatic carbocycles. The minimum atomic E-state index is -0.478. The summed E-state index contributed by atoms with van der Waals surface area (Å²) in [6.07, 6.45) is 2.77. The van der Waals surface area contributed by atoms with Gasteiger partial charge in [0.15, 0.2) is 5.13 Å². The number of carbonyl (C=O) groups excluding carboxylic acids is 2. The number of aromatic nitrogens is 1. The molecule has 0 fully saturated rings. The Labute approximate surface area is 190 Å². The van der Waals surface area contributed by atoms with E-state index < -0.39 is 10.8 Å². The van der Waals surface area contributed by atoms with Crippen molar-refractivity contribution >= 4 is 50.6 Å². The van der Waals surface area contributed by atoms with Crippen molar-refractivity contribution in [3.05, 3.63) is 104 Å². The van der Waals surface area contributed by atoms with Crippen LogP contribution in [-0.2, 0) is 4.79 Å². The van der Waals surface area contributed by atoms with E-state index in [1.54, 1.807) is 30.3 Å². The maximum Gasteiger partial charge on any atom is 0.324 e. The predicted molar refractivity (Wildman–Crippen MR) is 126 cm³/mol. The molecule has 0 atom stereocenters. The summed E-state index contributed by atoms with van der Waals surface area (Å²) in [4.78, 5) is 41.3. The second kappa shape index (κ2) is 9.46. The average molecular weight is 462 g/mol. The van der Waals surface area contributed by atoms with E-state index in [-0.39, 0.29) is 15.9 Å². The lowest BCUT2D eigenvalue weighted by Gasteiger charge is -2.02. The number of rotatable bonds is 7. The summed E-state index contributed by atoms with van der Waals surface area (Å²) in [6.45, 7) is 0. The van der Waals surface area contributed by atoms with Crippen molar-refractivity contribution in [2.24, 2.45) is 0 Å². The fraction of sp³-hybridized carbons (Fsp3) is 0. The molecule has 4 aromatic rings. The van der Waals surface area contributed by atoms with Crippen molar-refractivity contribution in [3.8, 4) is 11.3 Å². The summed E-state index contributed by atoms with van der Waals surface area (Å²) in [5.41, 5.74) is 1.80. The molecule has 7 nitrogen and oxygen atoms in total. The summed E-state index contributed by atoms with van der Waals surface area (Å²) in [5, 5.41) is 13.7. The maximum absolute atomic E-state index is 13.1. The fourth-order valence-corrected chi connectivity index (χ4v) is 4.55. The number of nitro groups is 1. The Morgan fingerprint density at radius 2 is 1.62 bits per heavy atom. The maximum atomic E-state index is 13.1. The Balaban J connectivity index is 1.59. The fourth-order valence-electron chi connectivity index (χ4n) is 2.87. The highest BCUT2D eigenvalue weighted by Crippen LogP contribution is 2.33. The molecule has 0 unspecified atom stereocenters. The van der Waals surface area contributed by atoms with Gasteiger partial charge in [0, 0.05) is 28.1 Å². The van der Waals surface area contributed by atoms with Crippen LogP contribution in [-0.4, -0.2) is 21.6 Å². The van der Waals surface area contributed by atoms with Crippen LogP contribution in [0.4, 0.5) is 10.1 Å². The molecular formula is C23H15N3O4S2. The molecule has 0 aliphatic heterocycles. The molecule has 2 aromatic carbocycles. The normalized spacial score (nSPS) is 10.9. The van der Waals surface area contributed by atoms with Crippen LogP contribution < -0.4 is 5.32 Å². The van der Waals surface area contributed by atoms with E-state index in [0.29, 0.717) is 21.0 Å². The zero-order chi connectivity index (χ0) is 22.5. The third kappa shape index (κ3) is 4.85. The van der Waals surface area contributed by atoms with Crippen molar-refractivity contribution in [3.63, 3.8) is 0 Å². The van der Waals surface area contributed by atoms with E-state index in [1.807, 2.05) is 36.4 Å². The van der Waals surface area contributed by atoms with Gasteiger partial charge in [-0.25, -0.2) is 4.98 Å². The van der Waals surface area contributed by atoms with Crippen LogP contribution in [0.3, 0.4) is 0 Å². The van der Waals surface area contributed by atoms with Gasteiger partial charge in [-0.05, 0) is 12.1 Å². The van der Waals surface area contributed by atoms with Gasteiger partial charge in [0.05, 0.1) is 10.6 Å². The van der Waals surface area contributed by atoms with Crippen LogP contribution in [0.25, 0.3) is 17.3 Å². The van der Waals surface area contributed by atoms with Crippen LogP contribution in [0, 0.1) is 10.1 Å². The summed E-state index contributed by atoms with van der Waals surface area (Å²) in [6, 6.07) is 21.1. The molecule has 4 rings (SSSR count). The third-order valence-electron chi connectivity index (χ3n) is 4.34. The lowest BCUT2D eigenvalue weighted by Crippen LogP contribution is -2.07. The number of anilines is 1. The molecule has 2 heterocycles. The molecule has 1 amide bonds. The van der Waals surface area contributed by atoms with Crippen LogP contribution >= 0.6 is 22.7 Å². The topological polar surface area (TPSA) is 102 Å². The molecule has 9 heteroatoms. The minimum absolute atomic E-state index is 0.00144. The first-order valence-corrected chi connectivity index (χ1v) is 11.0. The number of thiazole rings is 1. The molecule has 0 aliphatic rings. The number of thiophene rings is 1. The third-order valence-corrected chi connectivity index (χ3v) is 6.31.